The van der Waals surface area contributed by atoms with Gasteiger partial charge in [0.1, 0.15) is 5.58 Å². The van der Waals surface area contributed by atoms with Crippen molar-refractivity contribution in [2.24, 2.45) is 0 Å². The van der Waals surface area contributed by atoms with Crippen LogP contribution >= 0.6 is 0 Å². The van der Waals surface area contributed by atoms with Crippen molar-refractivity contribution in [2.75, 3.05) is 5.73 Å². The summed E-state index contributed by atoms with van der Waals surface area (Å²) < 4.78 is 11.2. The highest BCUT2D eigenvalue weighted by Crippen LogP contribution is 2.34. The maximum absolute atomic E-state index is 12.7. The van der Waals surface area contributed by atoms with Crippen LogP contribution in [0.25, 0.3) is 11.0 Å². The van der Waals surface area contributed by atoms with Crippen LogP contribution < -0.4 is 5.73 Å². The van der Waals surface area contributed by atoms with Crippen molar-refractivity contribution in [1.82, 2.24) is 4.98 Å². The standard InChI is InChI=1S/C18H18N2O3/c1-9-17(22-10(2)20-9)16(21)18-15(19)13-7-11-5-3-4-6-12(11)8-14(13)23-18/h7-8H,3-6,19H2,1-2H3. The second-order valence-corrected chi connectivity index (χ2v) is 6.15. The Labute approximate surface area is 133 Å². The van der Waals surface area contributed by atoms with Crippen molar-refractivity contribution < 1.29 is 13.6 Å². The first-order chi connectivity index (χ1) is 11.0. The van der Waals surface area contributed by atoms with Gasteiger partial charge in [0, 0.05) is 12.3 Å². The Morgan fingerprint density at radius 1 is 1.09 bits per heavy atom. The molecule has 0 saturated heterocycles. The number of furan rings is 1. The van der Waals surface area contributed by atoms with E-state index in [1.54, 1.807) is 13.8 Å². The largest absolute Gasteiger partial charge is 0.450 e. The molecule has 1 aromatic carbocycles. The maximum atomic E-state index is 12.7. The van der Waals surface area contributed by atoms with Gasteiger partial charge < -0.3 is 14.6 Å². The second kappa shape index (κ2) is 4.98. The van der Waals surface area contributed by atoms with E-state index in [-0.39, 0.29) is 17.3 Å². The van der Waals surface area contributed by atoms with Gasteiger partial charge in [0.2, 0.25) is 11.5 Å². The quantitative estimate of drug-likeness (QED) is 0.729. The molecule has 0 saturated carbocycles. The second-order valence-electron chi connectivity index (χ2n) is 6.15. The van der Waals surface area contributed by atoms with Crippen LogP contribution in [0.15, 0.2) is 21.0 Å². The highest BCUT2D eigenvalue weighted by atomic mass is 16.4. The van der Waals surface area contributed by atoms with Crippen molar-refractivity contribution in [3.8, 4) is 0 Å². The lowest BCUT2D eigenvalue weighted by Crippen LogP contribution is -2.04. The Balaban J connectivity index is 1.86. The van der Waals surface area contributed by atoms with Gasteiger partial charge in [0.25, 0.3) is 5.78 Å². The number of benzene rings is 1. The van der Waals surface area contributed by atoms with E-state index < -0.39 is 0 Å². The van der Waals surface area contributed by atoms with Gasteiger partial charge in [0.05, 0.1) is 11.4 Å². The zero-order valence-electron chi connectivity index (χ0n) is 13.2. The van der Waals surface area contributed by atoms with Crippen LogP contribution in [0.3, 0.4) is 0 Å². The molecule has 5 heteroatoms. The Bertz CT molecular complexity index is 934. The minimum absolute atomic E-state index is 0.140. The molecular weight excluding hydrogens is 292 g/mol. The Kier molecular flexibility index (Phi) is 3.04. The third-order valence-electron chi connectivity index (χ3n) is 4.51. The highest BCUT2D eigenvalue weighted by Gasteiger charge is 2.26. The van der Waals surface area contributed by atoms with Crippen LogP contribution in [0.4, 0.5) is 5.69 Å². The first-order valence-electron chi connectivity index (χ1n) is 7.87. The Morgan fingerprint density at radius 3 is 2.43 bits per heavy atom. The molecule has 23 heavy (non-hydrogen) atoms. The number of rotatable bonds is 2. The molecule has 5 nitrogen and oxygen atoms in total. The van der Waals surface area contributed by atoms with Gasteiger partial charge in [-0.05, 0) is 55.9 Å². The monoisotopic (exact) mass is 310 g/mol. The van der Waals surface area contributed by atoms with Crippen LogP contribution in [0, 0.1) is 13.8 Å². The molecule has 1 aliphatic rings. The normalized spacial score (nSPS) is 14.2. The van der Waals surface area contributed by atoms with Gasteiger partial charge in [0.15, 0.2) is 5.89 Å². The molecule has 2 aromatic heterocycles. The number of carbonyl (C=O) groups excluding carboxylic acids is 1. The van der Waals surface area contributed by atoms with Gasteiger partial charge in [-0.1, -0.05) is 0 Å². The Hall–Kier alpha value is -2.56. The molecule has 118 valence electrons. The van der Waals surface area contributed by atoms with E-state index in [0.717, 1.165) is 18.2 Å². The number of hydrogen-bond donors (Lipinski definition) is 1. The van der Waals surface area contributed by atoms with E-state index in [1.807, 2.05) is 6.07 Å². The van der Waals surface area contributed by atoms with Gasteiger partial charge in [-0.2, -0.15) is 0 Å². The van der Waals surface area contributed by atoms with Gasteiger partial charge in [-0.25, -0.2) is 4.98 Å². The van der Waals surface area contributed by atoms with Crippen molar-refractivity contribution in [3.05, 3.63) is 46.4 Å². The summed E-state index contributed by atoms with van der Waals surface area (Å²) in [5.74, 6) is 0.436. The average molecular weight is 310 g/mol. The third-order valence-corrected chi connectivity index (χ3v) is 4.51. The minimum atomic E-state index is -0.352. The lowest BCUT2D eigenvalue weighted by atomic mass is 9.90. The predicted octanol–water partition coefficient (Wildman–Crippen LogP) is 3.73. The van der Waals surface area contributed by atoms with Crippen LogP contribution in [-0.4, -0.2) is 10.8 Å². The Morgan fingerprint density at radius 2 is 1.78 bits per heavy atom. The van der Waals surface area contributed by atoms with E-state index in [4.69, 9.17) is 14.6 Å². The van der Waals surface area contributed by atoms with E-state index >= 15 is 0 Å². The SMILES string of the molecule is Cc1nc(C)c(C(=O)c2oc3cc4c(cc3c2N)CCCC4)o1. The molecule has 0 bridgehead atoms. The summed E-state index contributed by atoms with van der Waals surface area (Å²) in [5, 5.41) is 0.808. The van der Waals surface area contributed by atoms with E-state index in [2.05, 4.69) is 11.1 Å². The van der Waals surface area contributed by atoms with Crippen LogP contribution in [0.1, 0.15) is 51.9 Å². The number of nitrogens with two attached hydrogens (primary N) is 1. The molecule has 0 spiro atoms. The molecule has 3 aromatic rings. The average Bonchev–Trinajstić information content (AvgIpc) is 3.04. The number of ketones is 1. The van der Waals surface area contributed by atoms with Crippen LogP contribution in [0.5, 0.6) is 0 Å². The third kappa shape index (κ3) is 2.15. The smallest absolute Gasteiger partial charge is 0.267 e. The van der Waals surface area contributed by atoms with Crippen molar-refractivity contribution in [1.29, 1.82) is 0 Å². The molecule has 4 rings (SSSR count). The van der Waals surface area contributed by atoms with Crippen molar-refractivity contribution in [2.45, 2.75) is 39.5 Å². The summed E-state index contributed by atoms with van der Waals surface area (Å²) in [6.07, 6.45) is 4.49. The molecule has 2 N–H and O–H groups in total. The number of fused-ring (bicyclic) bond motifs is 2. The summed E-state index contributed by atoms with van der Waals surface area (Å²) >= 11 is 0. The minimum Gasteiger partial charge on any atom is -0.450 e. The molecule has 0 amide bonds. The van der Waals surface area contributed by atoms with E-state index in [9.17, 15) is 4.79 Å². The number of nitrogens with zero attached hydrogens (tertiary/aromatic N) is 1. The zero-order valence-corrected chi connectivity index (χ0v) is 13.2. The predicted molar refractivity (Wildman–Crippen MR) is 86.7 cm³/mol. The molecule has 0 unspecified atom stereocenters. The molecule has 0 aliphatic heterocycles. The lowest BCUT2D eigenvalue weighted by molar-refractivity contribution is 0.0984. The lowest BCUT2D eigenvalue weighted by Gasteiger charge is -2.14. The number of carbonyl (C=O) groups is 1. The molecule has 0 atom stereocenters. The summed E-state index contributed by atoms with van der Waals surface area (Å²) in [6, 6.07) is 4.09. The van der Waals surface area contributed by atoms with E-state index in [0.29, 0.717) is 22.9 Å². The van der Waals surface area contributed by atoms with E-state index in [1.165, 1.54) is 24.0 Å². The summed E-state index contributed by atoms with van der Waals surface area (Å²) in [6.45, 7) is 3.45. The number of aryl methyl sites for hydroxylation is 4. The fourth-order valence-electron chi connectivity index (χ4n) is 3.36. The highest BCUT2D eigenvalue weighted by molar-refractivity contribution is 6.13. The van der Waals surface area contributed by atoms with Crippen LogP contribution in [0.2, 0.25) is 0 Å². The molecule has 0 radical (unpaired) electrons. The fraction of sp³-hybridized carbons (Fsp3) is 0.333. The summed E-state index contributed by atoms with van der Waals surface area (Å²) in [7, 11) is 0. The topological polar surface area (TPSA) is 82.3 Å². The van der Waals surface area contributed by atoms with Crippen LogP contribution in [-0.2, 0) is 12.8 Å². The summed E-state index contributed by atoms with van der Waals surface area (Å²) in [4.78, 5) is 16.8. The van der Waals surface area contributed by atoms with Gasteiger partial charge in [-0.3, -0.25) is 4.79 Å². The summed E-state index contributed by atoms with van der Waals surface area (Å²) in [5.41, 5.74) is 10.4. The van der Waals surface area contributed by atoms with Crippen molar-refractivity contribution >= 4 is 22.4 Å². The molecule has 2 heterocycles. The first kappa shape index (κ1) is 14.1. The fourth-order valence-corrected chi connectivity index (χ4v) is 3.36. The number of nitrogen functional groups attached to an aromatic ring is 1. The van der Waals surface area contributed by atoms with Gasteiger partial charge >= 0.3 is 0 Å². The molecular formula is C18H18N2O3. The number of anilines is 1. The number of hydrogen-bond acceptors (Lipinski definition) is 5. The van der Waals surface area contributed by atoms with Gasteiger partial charge in [-0.15, -0.1) is 0 Å². The number of aromatic nitrogens is 1. The maximum Gasteiger partial charge on any atom is 0.267 e. The first-order valence-corrected chi connectivity index (χ1v) is 7.87. The zero-order chi connectivity index (χ0) is 16.1. The molecule has 0 fully saturated rings. The molecule has 1 aliphatic carbocycles. The number of oxazole rings is 1. The van der Waals surface area contributed by atoms with Crippen molar-refractivity contribution in [3.63, 3.8) is 0 Å².